The van der Waals surface area contributed by atoms with Crippen LogP contribution in [0.3, 0.4) is 0 Å². The van der Waals surface area contributed by atoms with E-state index in [0.29, 0.717) is 6.42 Å². The Bertz CT molecular complexity index is 274. The molecule has 1 aliphatic carbocycles. The summed E-state index contributed by atoms with van der Waals surface area (Å²) >= 11 is 0. The Morgan fingerprint density at radius 2 is 1.72 bits per heavy atom. The lowest BCUT2D eigenvalue weighted by atomic mass is 10.1. The van der Waals surface area contributed by atoms with Crippen molar-refractivity contribution in [3.63, 3.8) is 0 Å². The average molecular weight is 255 g/mol. The highest BCUT2D eigenvalue weighted by Crippen LogP contribution is 2.27. The molecule has 18 heavy (non-hydrogen) atoms. The Labute approximate surface area is 109 Å². The van der Waals surface area contributed by atoms with E-state index in [0.717, 1.165) is 25.7 Å². The fourth-order valence-corrected chi connectivity index (χ4v) is 2.15. The molecular formula is C14H25NO3. The first-order chi connectivity index (χ1) is 8.65. The third-order valence-corrected chi connectivity index (χ3v) is 3.36. The molecule has 0 aromatic carbocycles. The zero-order valence-corrected chi connectivity index (χ0v) is 11.4. The van der Waals surface area contributed by atoms with Crippen LogP contribution in [0.1, 0.15) is 64.7 Å². The van der Waals surface area contributed by atoms with E-state index in [1.807, 2.05) is 0 Å². The van der Waals surface area contributed by atoms with Crippen LogP contribution in [0.25, 0.3) is 0 Å². The number of rotatable bonds is 10. The van der Waals surface area contributed by atoms with Gasteiger partial charge in [-0.1, -0.05) is 39.0 Å². The lowest BCUT2D eigenvalue weighted by molar-refractivity contribution is -0.145. The first-order valence-corrected chi connectivity index (χ1v) is 7.16. The van der Waals surface area contributed by atoms with Crippen molar-refractivity contribution in [1.82, 2.24) is 4.90 Å². The van der Waals surface area contributed by atoms with E-state index < -0.39 is 5.97 Å². The number of aliphatic carboxylic acids is 1. The molecule has 1 N–H and O–H groups in total. The second kappa shape index (κ2) is 8.11. The quantitative estimate of drug-likeness (QED) is 0.611. The minimum Gasteiger partial charge on any atom is -0.480 e. The Morgan fingerprint density at radius 3 is 2.28 bits per heavy atom. The first kappa shape index (κ1) is 15.0. The van der Waals surface area contributed by atoms with Gasteiger partial charge in [-0.2, -0.15) is 0 Å². The van der Waals surface area contributed by atoms with Gasteiger partial charge in [-0.3, -0.25) is 9.59 Å². The van der Waals surface area contributed by atoms with Gasteiger partial charge in [0.15, 0.2) is 0 Å². The lowest BCUT2D eigenvalue weighted by Gasteiger charge is -2.20. The number of amides is 1. The molecule has 0 atom stereocenters. The van der Waals surface area contributed by atoms with Crippen molar-refractivity contribution in [2.45, 2.75) is 70.8 Å². The number of hydrogen-bond donors (Lipinski definition) is 1. The number of carbonyl (C=O) groups excluding carboxylic acids is 1. The fraction of sp³-hybridized carbons (Fsp3) is 0.857. The number of carboxylic acid groups (broad SMARTS) is 1. The molecular weight excluding hydrogens is 230 g/mol. The highest BCUT2D eigenvalue weighted by atomic mass is 16.4. The van der Waals surface area contributed by atoms with E-state index in [1.165, 1.54) is 25.7 Å². The summed E-state index contributed by atoms with van der Waals surface area (Å²) in [6.45, 7) is 2.06. The summed E-state index contributed by atoms with van der Waals surface area (Å²) in [5, 5.41) is 8.78. The van der Waals surface area contributed by atoms with Gasteiger partial charge in [0, 0.05) is 12.5 Å². The molecule has 104 valence electrons. The highest BCUT2D eigenvalue weighted by Gasteiger charge is 2.33. The van der Waals surface area contributed by atoms with E-state index in [1.54, 1.807) is 4.90 Å². The van der Waals surface area contributed by atoms with Gasteiger partial charge in [-0.05, 0) is 19.3 Å². The molecule has 0 unspecified atom stereocenters. The summed E-state index contributed by atoms with van der Waals surface area (Å²) in [6.07, 6.45) is 9.34. The number of nitrogens with zero attached hydrogens (tertiary/aromatic N) is 1. The molecule has 0 bridgehead atoms. The number of unbranched alkanes of at least 4 members (excludes halogenated alkanes) is 5. The van der Waals surface area contributed by atoms with Gasteiger partial charge in [0.25, 0.3) is 0 Å². The molecule has 0 saturated heterocycles. The molecule has 0 aliphatic heterocycles. The predicted octanol–water partition coefficient (Wildman–Crippen LogP) is 2.81. The highest BCUT2D eigenvalue weighted by molar-refractivity contribution is 5.81. The number of carboxylic acids is 1. The Hall–Kier alpha value is -1.06. The maximum absolute atomic E-state index is 11.9. The third-order valence-electron chi connectivity index (χ3n) is 3.36. The minimum atomic E-state index is -0.904. The molecule has 1 rings (SSSR count). The van der Waals surface area contributed by atoms with Crippen LogP contribution in [0.15, 0.2) is 0 Å². The molecule has 0 radical (unpaired) electrons. The molecule has 1 saturated carbocycles. The topological polar surface area (TPSA) is 57.6 Å². The van der Waals surface area contributed by atoms with Crippen molar-refractivity contribution >= 4 is 11.9 Å². The van der Waals surface area contributed by atoms with Crippen LogP contribution in [0.4, 0.5) is 0 Å². The second-order valence-corrected chi connectivity index (χ2v) is 5.16. The van der Waals surface area contributed by atoms with Gasteiger partial charge in [-0.25, -0.2) is 0 Å². The molecule has 0 spiro atoms. The summed E-state index contributed by atoms with van der Waals surface area (Å²) < 4.78 is 0. The van der Waals surface area contributed by atoms with Crippen molar-refractivity contribution in [2.24, 2.45) is 0 Å². The molecule has 0 aromatic heterocycles. The number of hydrogen-bond acceptors (Lipinski definition) is 2. The van der Waals surface area contributed by atoms with Crippen molar-refractivity contribution in [1.29, 1.82) is 0 Å². The van der Waals surface area contributed by atoms with Gasteiger partial charge in [0.1, 0.15) is 6.54 Å². The summed E-state index contributed by atoms with van der Waals surface area (Å²) in [7, 11) is 0. The Kier molecular flexibility index (Phi) is 6.76. The SMILES string of the molecule is CCCCCCCCC(=O)N(CC(=O)O)C1CC1. The monoisotopic (exact) mass is 255 g/mol. The summed E-state index contributed by atoms with van der Waals surface area (Å²) in [6, 6.07) is 0.202. The van der Waals surface area contributed by atoms with Crippen LogP contribution >= 0.6 is 0 Å². The van der Waals surface area contributed by atoms with Gasteiger partial charge in [0.05, 0.1) is 0 Å². The molecule has 0 aromatic rings. The Balaban J connectivity index is 2.15. The maximum atomic E-state index is 11.9. The second-order valence-electron chi connectivity index (χ2n) is 5.16. The number of carbonyl (C=O) groups is 2. The van der Waals surface area contributed by atoms with Gasteiger partial charge < -0.3 is 10.0 Å². The molecule has 4 nitrogen and oxygen atoms in total. The van der Waals surface area contributed by atoms with Crippen LogP contribution in [-0.4, -0.2) is 34.5 Å². The van der Waals surface area contributed by atoms with E-state index >= 15 is 0 Å². The third kappa shape index (κ3) is 6.03. The zero-order valence-electron chi connectivity index (χ0n) is 11.4. The van der Waals surface area contributed by atoms with Crippen LogP contribution in [0.2, 0.25) is 0 Å². The van der Waals surface area contributed by atoms with Crippen LogP contribution in [0, 0.1) is 0 Å². The molecule has 4 heteroatoms. The van der Waals surface area contributed by atoms with Gasteiger partial charge in [0.2, 0.25) is 5.91 Å². The Morgan fingerprint density at radius 1 is 1.11 bits per heavy atom. The average Bonchev–Trinajstić information content (AvgIpc) is 3.14. The van der Waals surface area contributed by atoms with E-state index in [2.05, 4.69) is 6.92 Å². The van der Waals surface area contributed by atoms with Gasteiger partial charge in [-0.15, -0.1) is 0 Å². The van der Waals surface area contributed by atoms with Gasteiger partial charge >= 0.3 is 5.97 Å². The fourth-order valence-electron chi connectivity index (χ4n) is 2.15. The largest absolute Gasteiger partial charge is 0.480 e. The van der Waals surface area contributed by atoms with Crippen molar-refractivity contribution in [3.8, 4) is 0 Å². The van der Waals surface area contributed by atoms with Crippen molar-refractivity contribution < 1.29 is 14.7 Å². The van der Waals surface area contributed by atoms with E-state index in [4.69, 9.17) is 5.11 Å². The van der Waals surface area contributed by atoms with Crippen LogP contribution < -0.4 is 0 Å². The molecule has 1 aliphatic rings. The smallest absolute Gasteiger partial charge is 0.323 e. The normalized spacial score (nSPS) is 14.5. The lowest BCUT2D eigenvalue weighted by Crippen LogP contribution is -2.37. The van der Waals surface area contributed by atoms with Crippen LogP contribution in [0.5, 0.6) is 0 Å². The van der Waals surface area contributed by atoms with Crippen LogP contribution in [-0.2, 0) is 9.59 Å². The molecule has 0 heterocycles. The van der Waals surface area contributed by atoms with Crippen molar-refractivity contribution in [2.75, 3.05) is 6.54 Å². The summed E-state index contributed by atoms with van der Waals surface area (Å²) in [5.74, 6) is -0.881. The minimum absolute atomic E-state index is 0.0235. The summed E-state index contributed by atoms with van der Waals surface area (Å²) in [5.41, 5.74) is 0. The standard InChI is InChI=1S/C14H25NO3/c1-2-3-4-5-6-7-8-13(16)15(11-14(17)18)12-9-10-12/h12H,2-11H2,1H3,(H,17,18). The predicted molar refractivity (Wildman–Crippen MR) is 70.4 cm³/mol. The maximum Gasteiger partial charge on any atom is 0.323 e. The molecule has 1 fully saturated rings. The van der Waals surface area contributed by atoms with E-state index in [9.17, 15) is 9.59 Å². The first-order valence-electron chi connectivity index (χ1n) is 7.16. The zero-order chi connectivity index (χ0) is 13.4. The van der Waals surface area contributed by atoms with Crippen molar-refractivity contribution in [3.05, 3.63) is 0 Å². The molecule has 1 amide bonds. The summed E-state index contributed by atoms with van der Waals surface area (Å²) in [4.78, 5) is 24.2. The van der Waals surface area contributed by atoms with E-state index in [-0.39, 0.29) is 18.5 Å².